The van der Waals surface area contributed by atoms with E-state index in [4.69, 9.17) is 14.4 Å². The molecule has 12 aromatic rings. The van der Waals surface area contributed by atoms with Gasteiger partial charge < -0.3 is 8.98 Å². The van der Waals surface area contributed by atoms with Crippen LogP contribution in [0, 0.1) is 0 Å². The molecule has 0 unspecified atom stereocenters. The summed E-state index contributed by atoms with van der Waals surface area (Å²) in [6.45, 7) is 0. The van der Waals surface area contributed by atoms with Gasteiger partial charge in [-0.05, 0) is 65.4 Å². The van der Waals surface area contributed by atoms with Crippen LogP contribution >= 0.6 is 0 Å². The van der Waals surface area contributed by atoms with E-state index in [1.165, 1.54) is 21.7 Å². The molecule has 0 aliphatic carbocycles. The lowest BCUT2D eigenvalue weighted by Crippen LogP contribution is -2.03. The molecule has 0 saturated heterocycles. The molecular formula is C48H28N4O. The molecule has 0 aliphatic heterocycles. The fourth-order valence-corrected chi connectivity index (χ4v) is 8.71. The molecule has 0 saturated carbocycles. The van der Waals surface area contributed by atoms with Crippen molar-refractivity contribution in [3.05, 3.63) is 170 Å². The Kier molecular flexibility index (Phi) is 5.71. The van der Waals surface area contributed by atoms with Crippen LogP contribution in [0.25, 0.3) is 110 Å². The summed E-state index contributed by atoms with van der Waals surface area (Å²) in [5, 5.41) is 10.3. The predicted octanol–water partition coefficient (Wildman–Crippen LogP) is 12.5. The largest absolute Gasteiger partial charge is 0.455 e. The fourth-order valence-electron chi connectivity index (χ4n) is 8.71. The Labute approximate surface area is 302 Å². The van der Waals surface area contributed by atoms with Gasteiger partial charge in [-0.1, -0.05) is 115 Å². The van der Waals surface area contributed by atoms with Gasteiger partial charge in [0.15, 0.2) is 0 Å². The maximum atomic E-state index is 6.72. The second-order valence-electron chi connectivity index (χ2n) is 13.7. The Hall–Kier alpha value is -7.24. The van der Waals surface area contributed by atoms with E-state index in [1.54, 1.807) is 0 Å². The molecule has 8 aromatic carbocycles. The smallest absolute Gasteiger partial charge is 0.235 e. The number of furan rings is 1. The number of hydrogen-bond acceptors (Lipinski definition) is 3. The van der Waals surface area contributed by atoms with E-state index in [0.717, 1.165) is 82.5 Å². The molecule has 0 atom stereocenters. The molecule has 4 heterocycles. The summed E-state index contributed by atoms with van der Waals surface area (Å²) in [7, 11) is 0. The number of aromatic nitrogens is 4. The van der Waals surface area contributed by atoms with E-state index in [0.29, 0.717) is 5.95 Å². The summed E-state index contributed by atoms with van der Waals surface area (Å²) in [5.74, 6) is 0.619. The van der Waals surface area contributed by atoms with Crippen molar-refractivity contribution in [2.75, 3.05) is 0 Å². The second kappa shape index (κ2) is 10.6. The molecule has 0 amide bonds. The van der Waals surface area contributed by atoms with Gasteiger partial charge in [0.2, 0.25) is 5.95 Å². The summed E-state index contributed by atoms with van der Waals surface area (Å²) in [6.07, 6.45) is 0. The summed E-state index contributed by atoms with van der Waals surface area (Å²) < 4.78 is 11.3. The van der Waals surface area contributed by atoms with Crippen molar-refractivity contribution in [1.29, 1.82) is 0 Å². The summed E-state index contributed by atoms with van der Waals surface area (Å²) >= 11 is 0. The van der Waals surface area contributed by atoms with E-state index in [-0.39, 0.29) is 0 Å². The lowest BCUT2D eigenvalue weighted by molar-refractivity contribution is 0.670. The highest BCUT2D eigenvalue weighted by atomic mass is 16.3. The van der Waals surface area contributed by atoms with Gasteiger partial charge in [-0.2, -0.15) is 0 Å². The first-order chi connectivity index (χ1) is 26.3. The van der Waals surface area contributed by atoms with Crippen LogP contribution in [0.1, 0.15) is 0 Å². The first-order valence-corrected chi connectivity index (χ1v) is 17.9. The Morgan fingerprint density at radius 3 is 1.77 bits per heavy atom. The van der Waals surface area contributed by atoms with E-state index in [9.17, 15) is 0 Å². The molecule has 5 nitrogen and oxygen atoms in total. The Balaban J connectivity index is 1.21. The van der Waals surface area contributed by atoms with Gasteiger partial charge in [0, 0.05) is 49.0 Å². The summed E-state index contributed by atoms with van der Waals surface area (Å²) in [5.41, 5.74) is 9.94. The first kappa shape index (κ1) is 28.5. The molecule has 0 fully saturated rings. The molecule has 0 N–H and O–H groups in total. The van der Waals surface area contributed by atoms with Crippen LogP contribution in [0.3, 0.4) is 0 Å². The third kappa shape index (κ3) is 3.91. The molecule has 4 aromatic heterocycles. The molecule has 12 rings (SSSR count). The van der Waals surface area contributed by atoms with Crippen molar-refractivity contribution in [3.8, 4) is 22.9 Å². The van der Waals surface area contributed by atoms with Gasteiger partial charge in [-0.3, -0.25) is 4.57 Å². The highest BCUT2D eigenvalue weighted by molar-refractivity contribution is 6.29. The average molecular weight is 677 g/mol. The normalized spacial score (nSPS) is 12.2. The van der Waals surface area contributed by atoms with Crippen LogP contribution in [0.2, 0.25) is 0 Å². The van der Waals surface area contributed by atoms with E-state index >= 15 is 0 Å². The molecule has 0 spiro atoms. The predicted molar refractivity (Wildman–Crippen MR) is 218 cm³/mol. The fraction of sp³-hybridized carbons (Fsp3) is 0. The van der Waals surface area contributed by atoms with E-state index in [2.05, 4.69) is 161 Å². The topological polar surface area (TPSA) is 48.8 Å². The average Bonchev–Trinajstić information content (AvgIpc) is 3.89. The van der Waals surface area contributed by atoms with Crippen molar-refractivity contribution in [2.45, 2.75) is 0 Å². The van der Waals surface area contributed by atoms with Crippen LogP contribution in [0.4, 0.5) is 0 Å². The molecule has 53 heavy (non-hydrogen) atoms. The summed E-state index contributed by atoms with van der Waals surface area (Å²) in [6, 6.07) is 59.9. The van der Waals surface area contributed by atoms with Gasteiger partial charge in [0.05, 0.1) is 33.3 Å². The molecule has 0 bridgehead atoms. The zero-order chi connectivity index (χ0) is 34.6. The minimum Gasteiger partial charge on any atom is -0.455 e. The zero-order valence-electron chi connectivity index (χ0n) is 28.4. The first-order valence-electron chi connectivity index (χ1n) is 17.9. The number of hydrogen-bond donors (Lipinski definition) is 0. The minimum absolute atomic E-state index is 0.619. The Morgan fingerprint density at radius 2 is 1.00 bits per heavy atom. The van der Waals surface area contributed by atoms with Crippen LogP contribution in [-0.4, -0.2) is 19.1 Å². The molecule has 0 aliphatic rings. The SMILES string of the molecule is c1ccc(-n2c3ccccc3c3c4c5ccccc5n(-c5nc(-c6cc7ccccc7c7c6oc6ccccc67)c6ccccc6n5)c4ccc32)cc1. The third-order valence-electron chi connectivity index (χ3n) is 10.9. The van der Waals surface area contributed by atoms with Gasteiger partial charge >= 0.3 is 0 Å². The Bertz CT molecular complexity index is 3460. The van der Waals surface area contributed by atoms with Crippen molar-refractivity contribution in [1.82, 2.24) is 19.1 Å². The van der Waals surface area contributed by atoms with Gasteiger partial charge in [-0.25, -0.2) is 9.97 Å². The van der Waals surface area contributed by atoms with Gasteiger partial charge in [-0.15, -0.1) is 0 Å². The number of rotatable bonds is 3. The van der Waals surface area contributed by atoms with Crippen LogP contribution < -0.4 is 0 Å². The monoisotopic (exact) mass is 676 g/mol. The number of nitrogens with zero attached hydrogens (tertiary/aromatic N) is 4. The van der Waals surface area contributed by atoms with Crippen molar-refractivity contribution >= 4 is 87.2 Å². The van der Waals surface area contributed by atoms with Gasteiger partial charge in [0.1, 0.15) is 11.2 Å². The Morgan fingerprint density at radius 1 is 0.415 bits per heavy atom. The molecule has 0 radical (unpaired) electrons. The lowest BCUT2D eigenvalue weighted by Gasteiger charge is -2.13. The summed E-state index contributed by atoms with van der Waals surface area (Å²) in [4.78, 5) is 10.8. The standard InChI is InChI=1S/C48H28N4O/c1-2-15-30(16-3-1)51-38-23-11-7-19-33(38)44-40(51)26-27-41-45(44)34-20-8-12-24-39(34)52(41)48-49-37-22-10-6-18-32(37)46(50-48)36-28-29-14-4-5-17-31(29)43-35-21-9-13-25-42(35)53-47(36)43/h1-28H. The maximum absolute atomic E-state index is 6.72. The van der Waals surface area contributed by atoms with Crippen molar-refractivity contribution < 1.29 is 4.42 Å². The van der Waals surface area contributed by atoms with Crippen molar-refractivity contribution in [2.24, 2.45) is 0 Å². The molecular weight excluding hydrogens is 649 g/mol. The van der Waals surface area contributed by atoms with Gasteiger partial charge in [0.25, 0.3) is 0 Å². The highest BCUT2D eigenvalue weighted by Gasteiger charge is 2.24. The number of para-hydroxylation sites is 5. The maximum Gasteiger partial charge on any atom is 0.235 e. The lowest BCUT2D eigenvalue weighted by atomic mass is 9.97. The molecule has 246 valence electrons. The zero-order valence-corrected chi connectivity index (χ0v) is 28.4. The number of benzene rings is 8. The van der Waals surface area contributed by atoms with E-state index in [1.807, 2.05) is 18.2 Å². The number of fused-ring (bicyclic) bond motifs is 13. The van der Waals surface area contributed by atoms with Crippen LogP contribution in [0.15, 0.2) is 174 Å². The van der Waals surface area contributed by atoms with Crippen LogP contribution in [0.5, 0.6) is 0 Å². The third-order valence-corrected chi connectivity index (χ3v) is 10.9. The van der Waals surface area contributed by atoms with Crippen LogP contribution in [-0.2, 0) is 0 Å². The second-order valence-corrected chi connectivity index (χ2v) is 13.7. The van der Waals surface area contributed by atoms with E-state index < -0.39 is 0 Å². The molecule has 5 heteroatoms. The minimum atomic E-state index is 0.619. The van der Waals surface area contributed by atoms with Crippen molar-refractivity contribution in [3.63, 3.8) is 0 Å². The quantitative estimate of drug-likeness (QED) is 0.187. The highest BCUT2D eigenvalue weighted by Crippen LogP contribution is 2.44.